The van der Waals surface area contributed by atoms with Crippen molar-refractivity contribution in [3.63, 3.8) is 0 Å². The van der Waals surface area contributed by atoms with E-state index in [2.05, 4.69) is 21.2 Å². The van der Waals surface area contributed by atoms with Crippen LogP contribution in [-0.4, -0.2) is 34.2 Å². The van der Waals surface area contributed by atoms with Crippen LogP contribution in [0.5, 0.6) is 5.75 Å². The Labute approximate surface area is 200 Å². The van der Waals surface area contributed by atoms with Crippen LogP contribution in [0.25, 0.3) is 6.08 Å². The highest BCUT2D eigenvalue weighted by atomic mass is 79.9. The van der Waals surface area contributed by atoms with Crippen LogP contribution in [0, 0.1) is 13.8 Å². The number of ether oxygens (including phenoxy) is 1. The van der Waals surface area contributed by atoms with Gasteiger partial charge in [0.25, 0.3) is 11.8 Å². The molecule has 5 nitrogen and oxygen atoms in total. The van der Waals surface area contributed by atoms with Crippen molar-refractivity contribution < 1.29 is 14.3 Å². The molecule has 0 spiro atoms. The molecular weight excluding hydrogens is 496 g/mol. The summed E-state index contributed by atoms with van der Waals surface area (Å²) < 4.78 is 7.02. The first kappa shape index (κ1) is 23.5. The fourth-order valence-corrected chi connectivity index (χ4v) is 4.81. The van der Waals surface area contributed by atoms with Gasteiger partial charge < -0.3 is 10.1 Å². The Hall–Kier alpha value is -2.16. The average Bonchev–Trinajstić information content (AvgIpc) is 2.99. The Bertz CT molecular complexity index is 1050. The number of nitrogens with one attached hydrogen (secondary N) is 1. The number of amides is 2. The summed E-state index contributed by atoms with van der Waals surface area (Å²) in [6, 6.07) is 11.1. The number of nitrogens with zero attached hydrogens (tertiary/aromatic N) is 1. The summed E-state index contributed by atoms with van der Waals surface area (Å²) in [6.45, 7) is 6.56. The van der Waals surface area contributed by atoms with E-state index in [1.165, 1.54) is 11.8 Å². The Morgan fingerprint density at radius 3 is 2.58 bits per heavy atom. The molecule has 2 aromatic rings. The SMILES string of the molecule is CCCN1C(=O)/C(=C/c2ccc(OCC(=O)Nc3cc(C)c(C)cc3Br)cc2)SC1=S. The maximum absolute atomic E-state index is 12.4. The smallest absolute Gasteiger partial charge is 0.266 e. The molecule has 8 heteroatoms. The van der Waals surface area contributed by atoms with Crippen molar-refractivity contribution in [3.8, 4) is 5.75 Å². The standard InChI is InChI=1S/C23H23BrN2O3S2/c1-4-9-26-22(28)20(31-23(26)30)12-16-5-7-17(8-6-16)29-13-21(27)25-19-11-15(3)14(2)10-18(19)24/h5-8,10-12H,4,9,13H2,1-3H3,(H,25,27)/b20-12-. The zero-order valence-electron chi connectivity index (χ0n) is 17.5. The monoisotopic (exact) mass is 518 g/mol. The molecule has 2 amide bonds. The van der Waals surface area contributed by atoms with Crippen LogP contribution < -0.4 is 10.1 Å². The molecule has 0 unspecified atom stereocenters. The van der Waals surface area contributed by atoms with Crippen molar-refractivity contribution in [2.45, 2.75) is 27.2 Å². The van der Waals surface area contributed by atoms with Gasteiger partial charge in [0.15, 0.2) is 6.61 Å². The van der Waals surface area contributed by atoms with E-state index >= 15 is 0 Å². The lowest BCUT2D eigenvalue weighted by Gasteiger charge is -2.12. The summed E-state index contributed by atoms with van der Waals surface area (Å²) in [7, 11) is 0. The number of thioether (sulfide) groups is 1. The van der Waals surface area contributed by atoms with Crippen LogP contribution >= 0.6 is 39.9 Å². The van der Waals surface area contributed by atoms with E-state index in [0.29, 0.717) is 27.2 Å². The Balaban J connectivity index is 1.58. The maximum atomic E-state index is 12.4. The van der Waals surface area contributed by atoms with Crippen LogP contribution in [0.2, 0.25) is 0 Å². The van der Waals surface area contributed by atoms with Gasteiger partial charge in [0.2, 0.25) is 0 Å². The predicted octanol–water partition coefficient (Wildman–Crippen LogP) is 5.69. The van der Waals surface area contributed by atoms with E-state index in [4.69, 9.17) is 17.0 Å². The number of halogens is 1. The molecule has 0 bridgehead atoms. The molecule has 31 heavy (non-hydrogen) atoms. The predicted molar refractivity (Wildman–Crippen MR) is 134 cm³/mol. The van der Waals surface area contributed by atoms with Crippen LogP contribution in [0.4, 0.5) is 5.69 Å². The molecule has 1 fully saturated rings. The number of carbonyl (C=O) groups is 2. The number of hydrogen-bond acceptors (Lipinski definition) is 5. The van der Waals surface area contributed by atoms with Crippen LogP contribution in [0.3, 0.4) is 0 Å². The van der Waals surface area contributed by atoms with Gasteiger partial charge in [-0.3, -0.25) is 14.5 Å². The quantitative estimate of drug-likeness (QED) is 0.376. The molecule has 0 aromatic heterocycles. The number of hydrogen-bond donors (Lipinski definition) is 1. The Morgan fingerprint density at radius 2 is 1.90 bits per heavy atom. The van der Waals surface area contributed by atoms with E-state index < -0.39 is 0 Å². The van der Waals surface area contributed by atoms with Crippen molar-refractivity contribution in [2.75, 3.05) is 18.5 Å². The second kappa shape index (κ2) is 10.4. The second-order valence-corrected chi connectivity index (χ2v) is 9.69. The summed E-state index contributed by atoms with van der Waals surface area (Å²) >= 11 is 10.1. The lowest BCUT2D eigenvalue weighted by molar-refractivity contribution is -0.122. The van der Waals surface area contributed by atoms with Gasteiger partial charge in [-0.15, -0.1) is 0 Å². The van der Waals surface area contributed by atoms with Crippen molar-refractivity contribution >= 4 is 67.8 Å². The topological polar surface area (TPSA) is 58.6 Å². The summed E-state index contributed by atoms with van der Waals surface area (Å²) in [5, 5.41) is 2.85. The fourth-order valence-electron chi connectivity index (χ4n) is 2.94. The second-order valence-electron chi connectivity index (χ2n) is 7.16. The minimum atomic E-state index is -0.243. The van der Waals surface area contributed by atoms with E-state index in [1.54, 1.807) is 17.0 Å². The van der Waals surface area contributed by atoms with E-state index in [-0.39, 0.29) is 18.4 Å². The van der Waals surface area contributed by atoms with Crippen molar-refractivity contribution in [3.05, 3.63) is 62.5 Å². The van der Waals surface area contributed by atoms with Crippen molar-refractivity contribution in [1.29, 1.82) is 0 Å². The van der Waals surface area contributed by atoms with E-state index in [1.807, 2.05) is 51.1 Å². The lowest BCUT2D eigenvalue weighted by atomic mass is 10.1. The molecule has 162 valence electrons. The lowest BCUT2D eigenvalue weighted by Crippen LogP contribution is -2.28. The molecule has 1 heterocycles. The van der Waals surface area contributed by atoms with Crippen LogP contribution in [-0.2, 0) is 9.59 Å². The highest BCUT2D eigenvalue weighted by Gasteiger charge is 2.31. The molecule has 0 atom stereocenters. The van der Waals surface area contributed by atoms with Gasteiger partial charge in [0.05, 0.1) is 10.6 Å². The van der Waals surface area contributed by atoms with Crippen LogP contribution in [0.1, 0.15) is 30.0 Å². The number of rotatable bonds is 7. The molecule has 1 N–H and O–H groups in total. The normalized spacial score (nSPS) is 15.0. The largest absolute Gasteiger partial charge is 0.484 e. The Kier molecular flexibility index (Phi) is 7.91. The number of aryl methyl sites for hydroxylation is 2. The summed E-state index contributed by atoms with van der Waals surface area (Å²) in [5.41, 5.74) is 3.83. The number of carbonyl (C=O) groups excluding carboxylic acids is 2. The van der Waals surface area contributed by atoms with Crippen molar-refractivity contribution in [2.24, 2.45) is 0 Å². The Morgan fingerprint density at radius 1 is 1.23 bits per heavy atom. The molecule has 0 saturated carbocycles. The molecule has 0 radical (unpaired) electrons. The molecular formula is C23H23BrN2O3S2. The third-order valence-electron chi connectivity index (χ3n) is 4.73. The maximum Gasteiger partial charge on any atom is 0.266 e. The van der Waals surface area contributed by atoms with Gasteiger partial charge in [-0.05, 0) is 83.2 Å². The zero-order chi connectivity index (χ0) is 22.5. The molecule has 1 saturated heterocycles. The number of thiocarbonyl (C=S) groups is 1. The summed E-state index contributed by atoms with van der Waals surface area (Å²) in [5.74, 6) is 0.281. The molecule has 1 aliphatic rings. The van der Waals surface area contributed by atoms with Gasteiger partial charge in [-0.1, -0.05) is 43.0 Å². The summed E-state index contributed by atoms with van der Waals surface area (Å²) in [6.07, 6.45) is 2.68. The number of benzene rings is 2. The molecule has 1 aliphatic heterocycles. The number of anilines is 1. The highest BCUT2D eigenvalue weighted by Crippen LogP contribution is 2.32. The van der Waals surface area contributed by atoms with Gasteiger partial charge in [-0.25, -0.2) is 0 Å². The molecule has 3 rings (SSSR count). The first-order valence-electron chi connectivity index (χ1n) is 9.83. The van der Waals surface area contributed by atoms with Gasteiger partial charge in [0, 0.05) is 11.0 Å². The third kappa shape index (κ3) is 5.96. The first-order chi connectivity index (χ1) is 14.8. The third-order valence-corrected chi connectivity index (χ3v) is 6.76. The van der Waals surface area contributed by atoms with E-state index in [0.717, 1.165) is 27.6 Å². The van der Waals surface area contributed by atoms with Crippen molar-refractivity contribution in [1.82, 2.24) is 4.90 Å². The minimum Gasteiger partial charge on any atom is -0.484 e. The zero-order valence-corrected chi connectivity index (χ0v) is 20.7. The van der Waals surface area contributed by atoms with E-state index in [9.17, 15) is 9.59 Å². The van der Waals surface area contributed by atoms with Crippen LogP contribution in [0.15, 0.2) is 45.8 Å². The van der Waals surface area contributed by atoms with Gasteiger partial charge in [-0.2, -0.15) is 0 Å². The molecule has 2 aromatic carbocycles. The minimum absolute atomic E-state index is 0.0497. The van der Waals surface area contributed by atoms with Gasteiger partial charge in [0.1, 0.15) is 10.1 Å². The summed E-state index contributed by atoms with van der Waals surface area (Å²) in [4.78, 5) is 27.0. The first-order valence-corrected chi connectivity index (χ1v) is 11.8. The average molecular weight is 519 g/mol. The molecule has 0 aliphatic carbocycles. The van der Waals surface area contributed by atoms with Gasteiger partial charge >= 0.3 is 0 Å². The highest BCUT2D eigenvalue weighted by molar-refractivity contribution is 9.10. The fraction of sp³-hybridized carbons (Fsp3) is 0.261.